The van der Waals surface area contributed by atoms with Crippen LogP contribution in [0.25, 0.3) is 0 Å². The van der Waals surface area contributed by atoms with Gasteiger partial charge < -0.3 is 14.6 Å². The van der Waals surface area contributed by atoms with Crippen LogP contribution in [0.2, 0.25) is 0 Å². The molecule has 26 heavy (non-hydrogen) atoms. The van der Waals surface area contributed by atoms with Gasteiger partial charge in [-0.05, 0) is 17.7 Å². The average molecular weight is 351 g/mol. The van der Waals surface area contributed by atoms with Crippen molar-refractivity contribution in [3.05, 3.63) is 80.5 Å². The summed E-state index contributed by atoms with van der Waals surface area (Å²) in [6.45, 7) is 4.53. The maximum Gasteiger partial charge on any atom is 0.253 e. The molecule has 0 spiro atoms. The van der Waals surface area contributed by atoms with Crippen molar-refractivity contribution in [3.63, 3.8) is 0 Å². The monoisotopic (exact) mass is 351 g/mol. The van der Waals surface area contributed by atoms with Gasteiger partial charge in [-0.15, -0.1) is 0 Å². The third-order valence-electron chi connectivity index (χ3n) is 4.84. The molecule has 0 aliphatic carbocycles. The number of hydrogen-bond donors (Lipinski definition) is 1. The molecule has 1 fully saturated rings. The van der Waals surface area contributed by atoms with E-state index in [1.165, 1.54) is 5.56 Å². The number of benzene rings is 1. The second-order valence-electron chi connectivity index (χ2n) is 6.56. The highest BCUT2D eigenvalue weighted by Crippen LogP contribution is 2.22. The zero-order valence-corrected chi connectivity index (χ0v) is 14.5. The van der Waals surface area contributed by atoms with Crippen molar-refractivity contribution in [3.8, 4) is 0 Å². The van der Waals surface area contributed by atoms with Crippen molar-refractivity contribution in [2.75, 3.05) is 36.4 Å². The Morgan fingerprint density at radius 2 is 1.69 bits per heavy atom. The fourth-order valence-corrected chi connectivity index (χ4v) is 3.41. The quantitative estimate of drug-likeness (QED) is 0.684. The van der Waals surface area contributed by atoms with Gasteiger partial charge in [-0.2, -0.15) is 0 Å². The minimum atomic E-state index is -0.432. The van der Waals surface area contributed by atoms with Crippen LogP contribution in [0.15, 0.2) is 62.7 Å². The summed E-state index contributed by atoms with van der Waals surface area (Å²) in [4.78, 5) is 28.4. The highest BCUT2D eigenvalue weighted by Gasteiger charge is 2.28. The molecule has 0 saturated carbocycles. The van der Waals surface area contributed by atoms with E-state index in [2.05, 4.69) is 22.3 Å². The van der Waals surface area contributed by atoms with Gasteiger partial charge in [0.15, 0.2) is 0 Å². The van der Waals surface area contributed by atoms with E-state index in [1.54, 1.807) is 12.3 Å². The summed E-state index contributed by atoms with van der Waals surface area (Å²) >= 11 is 0. The first-order valence-corrected chi connectivity index (χ1v) is 8.83. The molecular weight excluding hydrogens is 330 g/mol. The van der Waals surface area contributed by atoms with Crippen LogP contribution in [0.4, 0.5) is 11.4 Å². The van der Waals surface area contributed by atoms with Gasteiger partial charge in [-0.25, -0.2) is 0 Å². The Kier molecular flexibility index (Phi) is 4.58. The Morgan fingerprint density at radius 3 is 2.38 bits per heavy atom. The van der Waals surface area contributed by atoms with E-state index in [1.807, 2.05) is 29.2 Å². The lowest BCUT2D eigenvalue weighted by Crippen LogP contribution is -2.51. The first kappa shape index (κ1) is 16.6. The Hall–Kier alpha value is -2.86. The van der Waals surface area contributed by atoms with Crippen molar-refractivity contribution < 1.29 is 4.42 Å². The summed E-state index contributed by atoms with van der Waals surface area (Å²) < 4.78 is 5.26. The summed E-state index contributed by atoms with van der Waals surface area (Å²) in [5, 5.41) is 3.06. The Bertz CT molecular complexity index is 919. The molecule has 2 heterocycles. The van der Waals surface area contributed by atoms with Crippen LogP contribution in [0, 0.1) is 0 Å². The lowest BCUT2D eigenvalue weighted by Gasteiger charge is -2.37. The highest BCUT2D eigenvalue weighted by molar-refractivity contribution is 5.75. The van der Waals surface area contributed by atoms with E-state index in [4.69, 9.17) is 4.42 Å². The van der Waals surface area contributed by atoms with Crippen LogP contribution in [0.5, 0.6) is 0 Å². The van der Waals surface area contributed by atoms with E-state index in [0.29, 0.717) is 17.9 Å². The van der Waals surface area contributed by atoms with Crippen molar-refractivity contribution in [2.24, 2.45) is 0 Å². The molecule has 0 amide bonds. The van der Waals surface area contributed by atoms with Crippen molar-refractivity contribution in [1.29, 1.82) is 0 Å². The molecule has 3 aromatic rings. The molecular formula is C20H21N3O3. The SMILES string of the molecule is O=c1c(NCc2ccco2)c(N2CCN(Cc3ccccc3)CC2)c1=O. The average Bonchev–Trinajstić information content (AvgIpc) is 3.20. The molecule has 0 atom stereocenters. The van der Waals surface area contributed by atoms with Gasteiger partial charge in [0, 0.05) is 32.7 Å². The van der Waals surface area contributed by atoms with Crippen LogP contribution in [0.3, 0.4) is 0 Å². The molecule has 1 N–H and O–H groups in total. The lowest BCUT2D eigenvalue weighted by atomic mass is 10.1. The van der Waals surface area contributed by atoms with E-state index in [0.717, 1.165) is 38.5 Å². The predicted octanol–water partition coefficient (Wildman–Crippen LogP) is 1.81. The number of nitrogens with one attached hydrogen (secondary N) is 1. The van der Waals surface area contributed by atoms with Crippen LogP contribution in [-0.4, -0.2) is 31.1 Å². The molecule has 1 aliphatic heterocycles. The molecule has 1 saturated heterocycles. The van der Waals surface area contributed by atoms with Gasteiger partial charge in [-0.1, -0.05) is 30.3 Å². The minimum Gasteiger partial charge on any atom is -0.467 e. The Morgan fingerprint density at radius 1 is 0.923 bits per heavy atom. The minimum absolute atomic E-state index is 0.386. The lowest BCUT2D eigenvalue weighted by molar-refractivity contribution is 0.249. The number of rotatable bonds is 6. The first-order chi connectivity index (χ1) is 12.7. The van der Waals surface area contributed by atoms with E-state index in [-0.39, 0.29) is 5.43 Å². The summed E-state index contributed by atoms with van der Waals surface area (Å²) in [7, 11) is 0. The summed E-state index contributed by atoms with van der Waals surface area (Å²) in [6, 6.07) is 14.0. The zero-order valence-electron chi connectivity index (χ0n) is 14.5. The van der Waals surface area contributed by atoms with Crippen LogP contribution < -0.4 is 21.1 Å². The predicted molar refractivity (Wildman–Crippen MR) is 101 cm³/mol. The van der Waals surface area contributed by atoms with Crippen LogP contribution in [-0.2, 0) is 13.1 Å². The molecule has 0 radical (unpaired) electrons. The fraction of sp³-hybridized carbons (Fsp3) is 0.300. The van der Waals surface area contributed by atoms with E-state index in [9.17, 15) is 9.59 Å². The van der Waals surface area contributed by atoms with E-state index >= 15 is 0 Å². The van der Waals surface area contributed by atoms with Crippen molar-refractivity contribution >= 4 is 11.4 Å². The Labute approximate surface area is 151 Å². The second-order valence-corrected chi connectivity index (χ2v) is 6.56. The molecule has 1 aliphatic rings. The normalized spacial score (nSPS) is 15.5. The number of anilines is 2. The maximum absolute atomic E-state index is 12.1. The van der Waals surface area contributed by atoms with Gasteiger partial charge in [0.1, 0.15) is 17.1 Å². The molecule has 134 valence electrons. The molecule has 4 rings (SSSR count). The Balaban J connectivity index is 1.38. The molecule has 0 unspecified atom stereocenters. The molecule has 0 bridgehead atoms. The van der Waals surface area contributed by atoms with E-state index < -0.39 is 5.43 Å². The van der Waals surface area contributed by atoms with Gasteiger partial charge in [0.25, 0.3) is 10.9 Å². The number of nitrogens with zero attached hydrogens (tertiary/aromatic N) is 2. The maximum atomic E-state index is 12.1. The second kappa shape index (κ2) is 7.17. The summed E-state index contributed by atoms with van der Waals surface area (Å²) in [5.41, 5.74) is 1.42. The third kappa shape index (κ3) is 3.28. The summed E-state index contributed by atoms with van der Waals surface area (Å²) in [5.74, 6) is 0.733. The zero-order chi connectivity index (χ0) is 17.9. The van der Waals surface area contributed by atoms with Crippen LogP contribution >= 0.6 is 0 Å². The van der Waals surface area contributed by atoms with Crippen molar-refractivity contribution in [2.45, 2.75) is 13.1 Å². The third-order valence-corrected chi connectivity index (χ3v) is 4.84. The van der Waals surface area contributed by atoms with Crippen molar-refractivity contribution in [1.82, 2.24) is 4.90 Å². The molecule has 2 aromatic carbocycles. The summed E-state index contributed by atoms with van der Waals surface area (Å²) in [6.07, 6.45) is 1.59. The fourth-order valence-electron chi connectivity index (χ4n) is 3.41. The number of furan rings is 1. The number of piperazine rings is 1. The standard InChI is InChI=1S/C20H21N3O3/c24-19-17(21-13-16-7-4-12-26-16)18(20(19)25)23-10-8-22(9-11-23)14-15-5-2-1-3-6-15/h1-7,12,21H,8-11,13-14H2. The number of hydrogen-bond acceptors (Lipinski definition) is 6. The smallest absolute Gasteiger partial charge is 0.253 e. The topological polar surface area (TPSA) is 65.8 Å². The first-order valence-electron chi connectivity index (χ1n) is 8.83. The largest absolute Gasteiger partial charge is 0.467 e. The van der Waals surface area contributed by atoms with Gasteiger partial charge >= 0.3 is 0 Å². The molecule has 6 heteroatoms. The van der Waals surface area contributed by atoms with Crippen LogP contribution in [0.1, 0.15) is 11.3 Å². The van der Waals surface area contributed by atoms with Gasteiger partial charge in [0.05, 0.1) is 12.8 Å². The molecule has 1 aromatic heterocycles. The highest BCUT2D eigenvalue weighted by atomic mass is 16.3. The van der Waals surface area contributed by atoms with Gasteiger partial charge in [-0.3, -0.25) is 14.5 Å². The molecule has 6 nitrogen and oxygen atoms in total. The van der Waals surface area contributed by atoms with Gasteiger partial charge in [0.2, 0.25) is 0 Å².